The number of hydrogen-bond donors (Lipinski definition) is 1. The molecule has 0 bridgehead atoms. The Kier molecular flexibility index (Phi) is 6.96. The number of dihydropyridines is 1. The zero-order valence-electron chi connectivity index (χ0n) is 19.9. The summed E-state index contributed by atoms with van der Waals surface area (Å²) in [5.41, 5.74) is 1.77. The molecular formula is C24H25N7O5. The summed E-state index contributed by atoms with van der Waals surface area (Å²) in [6.45, 7) is 1.77. The predicted octanol–water partition coefficient (Wildman–Crippen LogP) is 1.85. The van der Waals surface area contributed by atoms with Crippen LogP contribution in [-0.4, -0.2) is 77.1 Å². The van der Waals surface area contributed by atoms with Crippen LogP contribution >= 0.6 is 0 Å². The van der Waals surface area contributed by atoms with E-state index >= 15 is 0 Å². The van der Waals surface area contributed by atoms with Crippen LogP contribution in [0, 0.1) is 5.92 Å². The second-order valence-corrected chi connectivity index (χ2v) is 8.09. The normalized spacial score (nSPS) is 15.4. The van der Waals surface area contributed by atoms with E-state index in [2.05, 4.69) is 30.8 Å². The lowest BCUT2D eigenvalue weighted by atomic mass is 10.1. The van der Waals surface area contributed by atoms with Gasteiger partial charge in [0.1, 0.15) is 13.2 Å². The second-order valence-electron chi connectivity index (χ2n) is 8.09. The molecule has 0 saturated heterocycles. The van der Waals surface area contributed by atoms with Crippen molar-refractivity contribution in [1.29, 1.82) is 0 Å². The van der Waals surface area contributed by atoms with Gasteiger partial charge in [-0.3, -0.25) is 9.79 Å². The summed E-state index contributed by atoms with van der Waals surface area (Å²) in [5.74, 6) is 0.992. The molecule has 1 amide bonds. The van der Waals surface area contributed by atoms with Crippen molar-refractivity contribution in [2.24, 2.45) is 10.9 Å². The van der Waals surface area contributed by atoms with Crippen LogP contribution in [-0.2, 0) is 20.9 Å². The number of amides is 1. The molecule has 0 spiro atoms. The van der Waals surface area contributed by atoms with Crippen molar-refractivity contribution in [1.82, 2.24) is 30.3 Å². The Hall–Kier alpha value is -4.16. The highest BCUT2D eigenvalue weighted by molar-refractivity contribution is 5.99. The predicted molar refractivity (Wildman–Crippen MR) is 130 cm³/mol. The molecule has 5 rings (SSSR count). The largest absolute Gasteiger partial charge is 0.470 e. The Morgan fingerprint density at radius 1 is 1.17 bits per heavy atom. The number of fused-ring (bicyclic) bond motifs is 3. The van der Waals surface area contributed by atoms with Gasteiger partial charge in [-0.1, -0.05) is 29.4 Å². The van der Waals surface area contributed by atoms with Crippen molar-refractivity contribution in [3.63, 3.8) is 0 Å². The second kappa shape index (κ2) is 10.6. The number of aromatic nitrogens is 5. The Bertz CT molecular complexity index is 1440. The van der Waals surface area contributed by atoms with E-state index in [1.54, 1.807) is 24.8 Å². The summed E-state index contributed by atoms with van der Waals surface area (Å²) in [5, 5.41) is 21.8. The van der Waals surface area contributed by atoms with E-state index in [4.69, 9.17) is 18.7 Å². The Balaban J connectivity index is 1.37. The van der Waals surface area contributed by atoms with E-state index < -0.39 is 0 Å². The molecule has 0 radical (unpaired) electrons. The molecule has 4 aromatic rings. The molecule has 1 N–H and O–H groups in total. The highest BCUT2D eigenvalue weighted by atomic mass is 16.5. The van der Waals surface area contributed by atoms with Gasteiger partial charge in [-0.15, -0.1) is 15.3 Å². The fraction of sp³-hybridized carbons (Fsp3) is 0.333. The lowest BCUT2D eigenvalue weighted by Crippen LogP contribution is -2.35. The number of nitrogens with one attached hydrogen (secondary N) is 1. The lowest BCUT2D eigenvalue weighted by molar-refractivity contribution is -0.123. The smallest absolute Gasteiger partial charge is 0.240 e. The number of benzene rings is 1. The fourth-order valence-corrected chi connectivity index (χ4v) is 3.82. The monoisotopic (exact) mass is 491 g/mol. The van der Waals surface area contributed by atoms with Crippen molar-refractivity contribution in [2.75, 3.05) is 40.5 Å². The third-order valence-corrected chi connectivity index (χ3v) is 5.62. The summed E-state index contributed by atoms with van der Waals surface area (Å²) in [7, 11) is 3.17. The van der Waals surface area contributed by atoms with Crippen LogP contribution < -0.4 is 10.1 Å². The van der Waals surface area contributed by atoms with Gasteiger partial charge >= 0.3 is 0 Å². The van der Waals surface area contributed by atoms with Gasteiger partial charge in [-0.05, 0) is 12.1 Å². The van der Waals surface area contributed by atoms with Crippen LogP contribution in [0.5, 0.6) is 5.88 Å². The van der Waals surface area contributed by atoms with Crippen LogP contribution in [0.25, 0.3) is 27.9 Å². The first kappa shape index (κ1) is 23.6. The van der Waals surface area contributed by atoms with Crippen molar-refractivity contribution in [2.45, 2.75) is 6.61 Å². The molecule has 0 saturated carbocycles. The summed E-state index contributed by atoms with van der Waals surface area (Å²) in [6, 6.07) is 9.41. The molecule has 36 heavy (non-hydrogen) atoms. The highest BCUT2D eigenvalue weighted by Crippen LogP contribution is 2.29. The molecule has 1 aliphatic rings. The molecule has 3 aromatic heterocycles. The molecule has 0 fully saturated rings. The maximum absolute atomic E-state index is 12.2. The first-order valence-corrected chi connectivity index (χ1v) is 11.4. The van der Waals surface area contributed by atoms with E-state index in [0.29, 0.717) is 60.8 Å². The highest BCUT2D eigenvalue weighted by Gasteiger charge is 2.21. The zero-order chi connectivity index (χ0) is 24.9. The van der Waals surface area contributed by atoms with Crippen molar-refractivity contribution < 1.29 is 23.5 Å². The van der Waals surface area contributed by atoms with Gasteiger partial charge < -0.3 is 24.1 Å². The third kappa shape index (κ3) is 4.81. The number of nitrogens with zero attached hydrogens (tertiary/aromatic N) is 6. The number of methoxy groups -OCH3 is 2. The SMILES string of the molecule is COCCNC(=O)C1C=CC(COc2nn3c(-c4cc(COC)on4)nnc3c3ccccc23)=NC1. The van der Waals surface area contributed by atoms with Crippen molar-refractivity contribution in [3.05, 3.63) is 48.2 Å². The van der Waals surface area contributed by atoms with E-state index in [0.717, 1.165) is 10.8 Å². The average Bonchev–Trinajstić information content (AvgIpc) is 3.55. The number of rotatable bonds is 10. The molecular weight excluding hydrogens is 466 g/mol. The zero-order valence-corrected chi connectivity index (χ0v) is 19.9. The lowest BCUT2D eigenvalue weighted by Gasteiger charge is -2.16. The number of carbonyl (C=O) groups is 1. The van der Waals surface area contributed by atoms with E-state index in [1.165, 1.54) is 0 Å². The first-order chi connectivity index (χ1) is 17.7. The van der Waals surface area contributed by atoms with Gasteiger partial charge in [0, 0.05) is 37.6 Å². The number of carbonyl (C=O) groups excluding carboxylic acids is 1. The van der Waals surface area contributed by atoms with E-state index in [9.17, 15) is 4.79 Å². The maximum Gasteiger partial charge on any atom is 0.240 e. The van der Waals surface area contributed by atoms with Crippen molar-refractivity contribution >= 4 is 28.0 Å². The Labute approximate surface area is 205 Å². The molecule has 4 heterocycles. The van der Waals surface area contributed by atoms with Crippen LogP contribution in [0.2, 0.25) is 0 Å². The number of aliphatic imine (C=N–C) groups is 1. The molecule has 12 heteroatoms. The minimum Gasteiger partial charge on any atom is -0.470 e. The van der Waals surface area contributed by atoms with Crippen LogP contribution in [0.4, 0.5) is 0 Å². The molecule has 186 valence electrons. The van der Waals surface area contributed by atoms with Gasteiger partial charge in [0.25, 0.3) is 0 Å². The Morgan fingerprint density at radius 3 is 2.81 bits per heavy atom. The summed E-state index contributed by atoms with van der Waals surface area (Å²) < 4.78 is 23.0. The van der Waals surface area contributed by atoms with Crippen LogP contribution in [0.1, 0.15) is 5.76 Å². The van der Waals surface area contributed by atoms with Gasteiger partial charge in [-0.2, -0.15) is 4.52 Å². The standard InChI is InChI=1S/C24H25N7O5/c1-33-10-9-25-23(32)15-7-8-16(26-12-15)13-35-24-19-6-4-3-5-18(19)21-27-28-22(31(21)29-24)20-11-17(14-34-2)36-30-20/h3-8,11,15H,9-10,12-14H2,1-2H3,(H,25,32). The van der Waals surface area contributed by atoms with Crippen molar-refractivity contribution in [3.8, 4) is 17.4 Å². The minimum absolute atomic E-state index is 0.0771. The van der Waals surface area contributed by atoms with Gasteiger partial charge in [0.2, 0.25) is 17.6 Å². The van der Waals surface area contributed by atoms with Gasteiger partial charge in [-0.25, -0.2) is 0 Å². The number of ether oxygens (including phenoxy) is 3. The van der Waals surface area contributed by atoms with Crippen LogP contribution in [0.3, 0.4) is 0 Å². The maximum atomic E-state index is 12.2. The quantitative estimate of drug-likeness (QED) is 0.329. The molecule has 12 nitrogen and oxygen atoms in total. The Morgan fingerprint density at radius 2 is 2.03 bits per heavy atom. The molecule has 0 aliphatic carbocycles. The average molecular weight is 492 g/mol. The molecule has 1 atom stereocenters. The topological polar surface area (TPSA) is 138 Å². The van der Waals surface area contributed by atoms with E-state index in [-0.39, 0.29) is 18.4 Å². The summed E-state index contributed by atoms with van der Waals surface area (Å²) in [4.78, 5) is 16.7. The first-order valence-electron chi connectivity index (χ1n) is 11.4. The van der Waals surface area contributed by atoms with Crippen LogP contribution in [0.15, 0.2) is 52.0 Å². The molecule has 1 aromatic carbocycles. The molecule has 1 aliphatic heterocycles. The fourth-order valence-electron chi connectivity index (χ4n) is 3.82. The summed E-state index contributed by atoms with van der Waals surface area (Å²) >= 11 is 0. The van der Waals surface area contributed by atoms with Gasteiger partial charge in [0.05, 0.1) is 24.8 Å². The minimum atomic E-state index is -0.314. The third-order valence-electron chi connectivity index (χ3n) is 5.62. The van der Waals surface area contributed by atoms with E-state index in [1.807, 2.05) is 36.4 Å². The number of hydrogen-bond acceptors (Lipinski definition) is 10. The summed E-state index contributed by atoms with van der Waals surface area (Å²) in [6.07, 6.45) is 3.64. The molecule has 1 unspecified atom stereocenters. The van der Waals surface area contributed by atoms with Gasteiger partial charge in [0.15, 0.2) is 17.1 Å².